The van der Waals surface area contributed by atoms with E-state index in [0.717, 1.165) is 25.2 Å². The maximum atomic E-state index is 11.1. The molecule has 1 aromatic carbocycles. The highest BCUT2D eigenvalue weighted by molar-refractivity contribution is 5.62. The summed E-state index contributed by atoms with van der Waals surface area (Å²) < 4.78 is 0. The van der Waals surface area contributed by atoms with Gasteiger partial charge in [-0.2, -0.15) is 0 Å². The number of aryl methyl sites for hydroxylation is 1. The number of hydrogen-bond donors (Lipinski definition) is 2. The number of hydrogen-bond acceptors (Lipinski definition) is 5. The third-order valence-electron chi connectivity index (χ3n) is 3.30. The summed E-state index contributed by atoms with van der Waals surface area (Å²) in [5.41, 5.74) is 4.84. The Balaban J connectivity index is 3.05. The van der Waals surface area contributed by atoms with Gasteiger partial charge in [0.2, 0.25) is 0 Å². The molecule has 106 valence electrons. The smallest absolute Gasteiger partial charge is 0.275 e. The molecule has 0 aliphatic heterocycles. The molecule has 0 radical (unpaired) electrons. The molecular formula is C13H22N4O2. The molecule has 0 spiro atoms. The van der Waals surface area contributed by atoms with Crippen molar-refractivity contribution in [3.8, 4) is 0 Å². The predicted octanol–water partition coefficient (Wildman–Crippen LogP) is 2.07. The summed E-state index contributed by atoms with van der Waals surface area (Å²) in [7, 11) is 0. The molecule has 19 heavy (non-hydrogen) atoms. The SMILES string of the molecule is CCN(CC)CCc1c(NN)cc(C)cc1[N+](=O)[O-]. The van der Waals surface area contributed by atoms with Crippen molar-refractivity contribution in [1.29, 1.82) is 0 Å². The van der Waals surface area contributed by atoms with Crippen LogP contribution in [0.1, 0.15) is 25.0 Å². The van der Waals surface area contributed by atoms with E-state index < -0.39 is 0 Å². The zero-order valence-electron chi connectivity index (χ0n) is 11.8. The van der Waals surface area contributed by atoms with Crippen molar-refractivity contribution in [3.05, 3.63) is 33.4 Å². The van der Waals surface area contributed by atoms with Gasteiger partial charge >= 0.3 is 0 Å². The van der Waals surface area contributed by atoms with E-state index in [1.54, 1.807) is 6.07 Å². The summed E-state index contributed by atoms with van der Waals surface area (Å²) in [6.07, 6.45) is 0.609. The van der Waals surface area contributed by atoms with E-state index in [2.05, 4.69) is 24.2 Å². The monoisotopic (exact) mass is 266 g/mol. The fraction of sp³-hybridized carbons (Fsp3) is 0.538. The van der Waals surface area contributed by atoms with Crippen molar-refractivity contribution in [2.75, 3.05) is 25.1 Å². The molecule has 6 heteroatoms. The number of nitrogens with zero attached hydrogens (tertiary/aromatic N) is 2. The minimum Gasteiger partial charge on any atom is -0.324 e. The lowest BCUT2D eigenvalue weighted by molar-refractivity contribution is -0.385. The summed E-state index contributed by atoms with van der Waals surface area (Å²) in [6.45, 7) is 8.63. The van der Waals surface area contributed by atoms with Crippen LogP contribution in [-0.2, 0) is 6.42 Å². The van der Waals surface area contributed by atoms with Crippen LogP contribution in [0.5, 0.6) is 0 Å². The third kappa shape index (κ3) is 3.90. The molecule has 3 N–H and O–H groups in total. The third-order valence-corrected chi connectivity index (χ3v) is 3.30. The van der Waals surface area contributed by atoms with E-state index in [-0.39, 0.29) is 10.6 Å². The van der Waals surface area contributed by atoms with Gasteiger partial charge in [0.15, 0.2) is 0 Å². The van der Waals surface area contributed by atoms with Crippen molar-refractivity contribution in [3.63, 3.8) is 0 Å². The molecule has 0 aliphatic rings. The molecular weight excluding hydrogens is 244 g/mol. The predicted molar refractivity (Wildman–Crippen MR) is 77.1 cm³/mol. The van der Waals surface area contributed by atoms with Gasteiger partial charge in [-0.15, -0.1) is 0 Å². The van der Waals surface area contributed by atoms with E-state index >= 15 is 0 Å². The van der Waals surface area contributed by atoms with Gasteiger partial charge in [-0.3, -0.25) is 16.0 Å². The lowest BCUT2D eigenvalue weighted by atomic mass is 10.0. The van der Waals surface area contributed by atoms with Crippen molar-refractivity contribution in [1.82, 2.24) is 4.90 Å². The highest BCUT2D eigenvalue weighted by Gasteiger charge is 2.18. The van der Waals surface area contributed by atoms with Crippen molar-refractivity contribution < 1.29 is 4.92 Å². The van der Waals surface area contributed by atoms with E-state index in [4.69, 9.17) is 5.84 Å². The number of nitro benzene ring substituents is 1. The number of nitro groups is 1. The Hall–Kier alpha value is -1.66. The quantitative estimate of drug-likeness (QED) is 0.448. The molecule has 0 fully saturated rings. The van der Waals surface area contributed by atoms with E-state index in [0.29, 0.717) is 17.7 Å². The molecule has 0 bridgehead atoms. The van der Waals surface area contributed by atoms with Crippen LogP contribution in [0.3, 0.4) is 0 Å². The number of hydrazine groups is 1. The number of nitrogen functional groups attached to an aromatic ring is 1. The zero-order chi connectivity index (χ0) is 14.4. The number of anilines is 1. The van der Waals surface area contributed by atoms with Crippen LogP contribution in [-0.4, -0.2) is 29.5 Å². The van der Waals surface area contributed by atoms with Crippen LogP contribution >= 0.6 is 0 Å². The topological polar surface area (TPSA) is 84.4 Å². The average Bonchev–Trinajstić information content (AvgIpc) is 2.40. The first-order valence-electron chi connectivity index (χ1n) is 6.50. The van der Waals surface area contributed by atoms with Gasteiger partial charge in [-0.05, 0) is 38.1 Å². The lowest BCUT2D eigenvalue weighted by Crippen LogP contribution is -2.26. The van der Waals surface area contributed by atoms with E-state index in [1.165, 1.54) is 0 Å². The van der Waals surface area contributed by atoms with Crippen molar-refractivity contribution in [2.24, 2.45) is 5.84 Å². The Kier molecular flexibility index (Phi) is 5.72. The van der Waals surface area contributed by atoms with Crippen LogP contribution in [0.2, 0.25) is 0 Å². The Morgan fingerprint density at radius 2 is 2.00 bits per heavy atom. The molecule has 0 aliphatic carbocycles. The Morgan fingerprint density at radius 3 is 2.47 bits per heavy atom. The average molecular weight is 266 g/mol. The standard InChI is InChI=1S/C13H22N4O2/c1-4-16(5-2)7-6-11-12(15-14)8-10(3)9-13(11)17(18)19/h8-9,15H,4-7,14H2,1-3H3. The molecule has 1 aromatic rings. The second-order valence-corrected chi connectivity index (χ2v) is 4.49. The number of benzene rings is 1. The van der Waals surface area contributed by atoms with Crippen LogP contribution in [0.25, 0.3) is 0 Å². The highest BCUT2D eigenvalue weighted by Crippen LogP contribution is 2.28. The van der Waals surface area contributed by atoms with Gasteiger partial charge in [-0.25, -0.2) is 0 Å². The van der Waals surface area contributed by atoms with Gasteiger partial charge in [0.25, 0.3) is 5.69 Å². The van der Waals surface area contributed by atoms with Crippen molar-refractivity contribution >= 4 is 11.4 Å². The first kappa shape index (κ1) is 15.4. The van der Waals surface area contributed by atoms with Gasteiger partial charge in [0.05, 0.1) is 16.2 Å². The Morgan fingerprint density at radius 1 is 1.37 bits per heavy atom. The summed E-state index contributed by atoms with van der Waals surface area (Å²) in [5.74, 6) is 5.47. The minimum atomic E-state index is -0.342. The Labute approximate surface area is 113 Å². The van der Waals surface area contributed by atoms with Gasteiger partial charge in [0.1, 0.15) is 0 Å². The van der Waals surface area contributed by atoms with E-state index in [9.17, 15) is 10.1 Å². The summed E-state index contributed by atoms with van der Waals surface area (Å²) in [5, 5.41) is 11.1. The van der Waals surface area contributed by atoms with Crippen LogP contribution in [0.4, 0.5) is 11.4 Å². The molecule has 1 rings (SSSR count). The molecule has 0 saturated heterocycles. The van der Waals surface area contributed by atoms with Gasteiger partial charge < -0.3 is 10.3 Å². The summed E-state index contributed by atoms with van der Waals surface area (Å²) in [6, 6.07) is 3.43. The fourth-order valence-corrected chi connectivity index (χ4v) is 2.16. The van der Waals surface area contributed by atoms with Crippen LogP contribution in [0.15, 0.2) is 12.1 Å². The highest BCUT2D eigenvalue weighted by atomic mass is 16.6. The molecule has 0 aromatic heterocycles. The summed E-state index contributed by atoms with van der Waals surface area (Å²) in [4.78, 5) is 13.0. The lowest BCUT2D eigenvalue weighted by Gasteiger charge is -2.19. The normalized spacial score (nSPS) is 10.8. The molecule has 0 atom stereocenters. The van der Waals surface area contributed by atoms with Crippen LogP contribution in [0, 0.1) is 17.0 Å². The molecule has 0 amide bonds. The molecule has 0 unspecified atom stereocenters. The minimum absolute atomic E-state index is 0.139. The summed E-state index contributed by atoms with van der Waals surface area (Å²) >= 11 is 0. The largest absolute Gasteiger partial charge is 0.324 e. The number of nitrogens with one attached hydrogen (secondary N) is 1. The maximum absolute atomic E-state index is 11.1. The molecule has 0 heterocycles. The number of rotatable bonds is 7. The van der Waals surface area contributed by atoms with Crippen LogP contribution < -0.4 is 11.3 Å². The molecule has 0 saturated carbocycles. The number of likely N-dealkylation sites (N-methyl/N-ethyl adjacent to an activating group) is 1. The first-order chi connectivity index (χ1) is 9.03. The molecule has 6 nitrogen and oxygen atoms in total. The zero-order valence-corrected chi connectivity index (χ0v) is 11.8. The van der Waals surface area contributed by atoms with Gasteiger partial charge in [0, 0.05) is 12.6 Å². The van der Waals surface area contributed by atoms with Gasteiger partial charge in [-0.1, -0.05) is 13.8 Å². The fourth-order valence-electron chi connectivity index (χ4n) is 2.16. The van der Waals surface area contributed by atoms with Crippen molar-refractivity contribution in [2.45, 2.75) is 27.2 Å². The number of nitrogens with two attached hydrogens (primary N) is 1. The Bertz CT molecular complexity index is 445. The maximum Gasteiger partial charge on any atom is 0.275 e. The first-order valence-corrected chi connectivity index (χ1v) is 6.50. The van der Waals surface area contributed by atoms with E-state index in [1.807, 2.05) is 13.0 Å². The second kappa shape index (κ2) is 7.06. The second-order valence-electron chi connectivity index (χ2n) is 4.49.